The third-order valence-corrected chi connectivity index (χ3v) is 4.53. The lowest BCUT2D eigenvalue weighted by Gasteiger charge is -2.06. The summed E-state index contributed by atoms with van der Waals surface area (Å²) in [6.45, 7) is 0. The summed E-state index contributed by atoms with van der Waals surface area (Å²) in [5, 5.41) is 5.76. The number of hydrogen-bond acceptors (Lipinski definition) is 6. The van der Waals surface area contributed by atoms with Crippen molar-refractivity contribution in [3.63, 3.8) is 0 Å². The van der Waals surface area contributed by atoms with Crippen LogP contribution in [0, 0.1) is 0 Å². The predicted molar refractivity (Wildman–Crippen MR) is 101 cm³/mol. The summed E-state index contributed by atoms with van der Waals surface area (Å²) in [4.78, 5) is 28.8. The largest absolute Gasteiger partial charge is 0.321 e. The Morgan fingerprint density at radius 1 is 0.962 bits per heavy atom. The van der Waals surface area contributed by atoms with Gasteiger partial charge < -0.3 is 5.32 Å². The topological polar surface area (TPSA) is 80.7 Å². The number of thiazole rings is 1. The summed E-state index contributed by atoms with van der Waals surface area (Å²) >= 11 is 1.57. The second-order valence-corrected chi connectivity index (χ2v) is 6.26. The summed E-state index contributed by atoms with van der Waals surface area (Å²) < 4.78 is 0. The Kier molecular flexibility index (Phi) is 4.44. The van der Waals surface area contributed by atoms with Crippen molar-refractivity contribution < 1.29 is 4.79 Å². The summed E-state index contributed by atoms with van der Waals surface area (Å²) in [6, 6.07) is 11.4. The SMILES string of the molecule is O=C(Nc1cccc(-c2csc(-c3ccncc3)n2)c1)c1cnccn1. The van der Waals surface area contributed by atoms with Gasteiger partial charge in [-0.05, 0) is 24.3 Å². The number of benzene rings is 1. The Bertz CT molecular complexity index is 1030. The van der Waals surface area contributed by atoms with E-state index < -0.39 is 0 Å². The highest BCUT2D eigenvalue weighted by atomic mass is 32.1. The number of rotatable bonds is 4. The molecule has 0 aliphatic carbocycles. The minimum Gasteiger partial charge on any atom is -0.321 e. The molecule has 0 saturated heterocycles. The molecule has 0 saturated carbocycles. The molecule has 4 aromatic rings. The monoisotopic (exact) mass is 359 g/mol. The number of hydrogen-bond donors (Lipinski definition) is 1. The first kappa shape index (κ1) is 16.0. The fourth-order valence-electron chi connectivity index (χ4n) is 2.40. The van der Waals surface area contributed by atoms with Crippen LogP contribution in [0.3, 0.4) is 0 Å². The minimum absolute atomic E-state index is 0.270. The highest BCUT2D eigenvalue weighted by Gasteiger charge is 2.10. The van der Waals surface area contributed by atoms with E-state index in [1.807, 2.05) is 41.8 Å². The lowest BCUT2D eigenvalue weighted by Crippen LogP contribution is -2.13. The van der Waals surface area contributed by atoms with Crippen LogP contribution in [0.15, 0.2) is 72.8 Å². The van der Waals surface area contributed by atoms with Crippen LogP contribution in [0.25, 0.3) is 21.8 Å². The zero-order chi connectivity index (χ0) is 17.8. The van der Waals surface area contributed by atoms with E-state index >= 15 is 0 Å². The molecule has 0 atom stereocenters. The number of pyridine rings is 1. The summed E-state index contributed by atoms with van der Waals surface area (Å²) in [5.74, 6) is -0.300. The van der Waals surface area contributed by atoms with Gasteiger partial charge in [0.25, 0.3) is 5.91 Å². The van der Waals surface area contributed by atoms with Crippen molar-refractivity contribution in [2.24, 2.45) is 0 Å². The third kappa shape index (κ3) is 3.47. The molecule has 1 N–H and O–H groups in total. The Labute approximate surface area is 153 Å². The molecular weight excluding hydrogens is 346 g/mol. The molecule has 0 spiro atoms. The van der Waals surface area contributed by atoms with Crippen LogP contribution < -0.4 is 5.32 Å². The van der Waals surface area contributed by atoms with Crippen molar-refractivity contribution in [1.29, 1.82) is 0 Å². The normalized spacial score (nSPS) is 10.5. The first-order valence-electron chi connectivity index (χ1n) is 7.83. The van der Waals surface area contributed by atoms with Gasteiger partial charge in [0.05, 0.1) is 11.9 Å². The molecule has 0 fully saturated rings. The van der Waals surface area contributed by atoms with Gasteiger partial charge in [-0.2, -0.15) is 0 Å². The molecule has 7 heteroatoms. The van der Waals surface area contributed by atoms with E-state index in [9.17, 15) is 4.79 Å². The van der Waals surface area contributed by atoms with Gasteiger partial charge in [0.2, 0.25) is 0 Å². The summed E-state index contributed by atoms with van der Waals surface area (Å²) in [5.41, 5.74) is 3.77. The van der Waals surface area contributed by atoms with Crippen molar-refractivity contribution in [2.75, 3.05) is 5.32 Å². The van der Waals surface area contributed by atoms with E-state index in [4.69, 9.17) is 0 Å². The van der Waals surface area contributed by atoms with Gasteiger partial charge in [-0.15, -0.1) is 11.3 Å². The second-order valence-electron chi connectivity index (χ2n) is 5.40. The van der Waals surface area contributed by atoms with Gasteiger partial charge >= 0.3 is 0 Å². The average molecular weight is 359 g/mol. The van der Waals surface area contributed by atoms with Crippen molar-refractivity contribution >= 4 is 22.9 Å². The van der Waals surface area contributed by atoms with E-state index in [2.05, 4.69) is 25.3 Å². The number of amides is 1. The molecule has 1 amide bonds. The number of nitrogens with one attached hydrogen (secondary N) is 1. The van der Waals surface area contributed by atoms with Crippen molar-refractivity contribution in [1.82, 2.24) is 19.9 Å². The molecule has 0 bridgehead atoms. The van der Waals surface area contributed by atoms with E-state index in [-0.39, 0.29) is 11.6 Å². The van der Waals surface area contributed by atoms with E-state index in [0.717, 1.165) is 21.8 Å². The molecule has 0 radical (unpaired) electrons. The van der Waals surface area contributed by atoms with Gasteiger partial charge in [-0.25, -0.2) is 9.97 Å². The lowest BCUT2D eigenvalue weighted by molar-refractivity contribution is 0.102. The zero-order valence-electron chi connectivity index (χ0n) is 13.5. The van der Waals surface area contributed by atoms with Crippen molar-refractivity contribution in [2.45, 2.75) is 0 Å². The van der Waals surface area contributed by atoms with Gasteiger partial charge in [0.15, 0.2) is 0 Å². The molecule has 4 rings (SSSR count). The fraction of sp³-hybridized carbons (Fsp3) is 0. The summed E-state index contributed by atoms with van der Waals surface area (Å²) in [6.07, 6.45) is 7.94. The first-order valence-corrected chi connectivity index (χ1v) is 8.71. The van der Waals surface area contributed by atoms with Crippen LogP contribution in [0.1, 0.15) is 10.5 Å². The summed E-state index contributed by atoms with van der Waals surface area (Å²) in [7, 11) is 0. The van der Waals surface area contributed by atoms with Crippen molar-refractivity contribution in [3.8, 4) is 21.8 Å². The lowest BCUT2D eigenvalue weighted by atomic mass is 10.1. The number of carbonyl (C=O) groups is 1. The van der Waals surface area contributed by atoms with Crippen LogP contribution in [0.5, 0.6) is 0 Å². The zero-order valence-corrected chi connectivity index (χ0v) is 14.4. The molecule has 3 heterocycles. The van der Waals surface area contributed by atoms with Crippen LogP contribution in [0.4, 0.5) is 5.69 Å². The fourth-order valence-corrected chi connectivity index (χ4v) is 3.24. The van der Waals surface area contributed by atoms with Crippen LogP contribution in [0.2, 0.25) is 0 Å². The Morgan fingerprint density at radius 2 is 1.85 bits per heavy atom. The Balaban J connectivity index is 1.57. The molecule has 26 heavy (non-hydrogen) atoms. The smallest absolute Gasteiger partial charge is 0.275 e. The highest BCUT2D eigenvalue weighted by Crippen LogP contribution is 2.29. The highest BCUT2D eigenvalue weighted by molar-refractivity contribution is 7.13. The maximum absolute atomic E-state index is 12.2. The average Bonchev–Trinajstić information content (AvgIpc) is 3.20. The molecule has 0 aliphatic rings. The van der Waals surface area contributed by atoms with Gasteiger partial charge in [-0.1, -0.05) is 12.1 Å². The molecule has 0 unspecified atom stereocenters. The molecular formula is C19H13N5OS. The molecule has 126 valence electrons. The number of carbonyl (C=O) groups excluding carboxylic acids is 1. The quantitative estimate of drug-likeness (QED) is 0.597. The van der Waals surface area contributed by atoms with E-state index in [1.165, 1.54) is 18.6 Å². The van der Waals surface area contributed by atoms with Gasteiger partial charge in [0, 0.05) is 47.0 Å². The Hall–Kier alpha value is -3.45. The second kappa shape index (κ2) is 7.20. The molecule has 3 aromatic heterocycles. The van der Waals surface area contributed by atoms with Crippen LogP contribution >= 0.6 is 11.3 Å². The van der Waals surface area contributed by atoms with Crippen molar-refractivity contribution in [3.05, 3.63) is 78.5 Å². The Morgan fingerprint density at radius 3 is 2.65 bits per heavy atom. The molecule has 6 nitrogen and oxygen atoms in total. The van der Waals surface area contributed by atoms with Gasteiger partial charge in [0.1, 0.15) is 10.7 Å². The first-order chi connectivity index (χ1) is 12.8. The number of aromatic nitrogens is 4. The van der Waals surface area contributed by atoms with E-state index in [0.29, 0.717) is 5.69 Å². The minimum atomic E-state index is -0.300. The third-order valence-electron chi connectivity index (χ3n) is 3.64. The predicted octanol–water partition coefficient (Wildman–Crippen LogP) is 3.91. The van der Waals surface area contributed by atoms with Gasteiger partial charge in [-0.3, -0.25) is 14.8 Å². The standard InChI is InChI=1S/C19H13N5OS/c25-18(16-11-21-8-9-22-16)23-15-3-1-2-14(10-15)17-12-26-19(24-17)13-4-6-20-7-5-13/h1-12H,(H,23,25). The van der Waals surface area contributed by atoms with Crippen LogP contribution in [-0.4, -0.2) is 25.8 Å². The maximum Gasteiger partial charge on any atom is 0.275 e. The number of anilines is 1. The van der Waals surface area contributed by atoms with Crippen LogP contribution in [-0.2, 0) is 0 Å². The molecule has 1 aromatic carbocycles. The molecule has 0 aliphatic heterocycles. The maximum atomic E-state index is 12.2. The number of nitrogens with zero attached hydrogens (tertiary/aromatic N) is 4. The van der Waals surface area contributed by atoms with E-state index in [1.54, 1.807) is 23.7 Å².